The standard InChI is InChI=1S/C24H23Cl2N7O/c25-17-1-4-19(5-2-17)28-24(34)16-33-15-20(29-30-33)14-31-9-11-32(12-10-31)23-7-8-27-22-13-18(26)3-6-21(22)23/h1-8,13,15H,9-12,14,16H2,(H,28,34). The van der Waals surface area contributed by atoms with Crippen LogP contribution in [0.25, 0.3) is 10.9 Å². The molecule has 0 unspecified atom stereocenters. The first-order chi connectivity index (χ1) is 16.5. The molecule has 1 amide bonds. The van der Waals surface area contributed by atoms with Gasteiger partial charge in [-0.1, -0.05) is 28.4 Å². The quantitative estimate of drug-likeness (QED) is 0.433. The number of pyridine rings is 1. The van der Waals surface area contributed by atoms with Crippen LogP contribution in [0.5, 0.6) is 0 Å². The van der Waals surface area contributed by atoms with E-state index in [9.17, 15) is 4.79 Å². The first-order valence-corrected chi connectivity index (χ1v) is 11.7. The monoisotopic (exact) mass is 495 g/mol. The lowest BCUT2D eigenvalue weighted by atomic mass is 10.1. The highest BCUT2D eigenvalue weighted by Crippen LogP contribution is 2.28. The van der Waals surface area contributed by atoms with Crippen LogP contribution in [0.4, 0.5) is 11.4 Å². The molecule has 1 aliphatic rings. The van der Waals surface area contributed by atoms with E-state index >= 15 is 0 Å². The average molecular weight is 496 g/mol. The van der Waals surface area contributed by atoms with Crippen molar-refractivity contribution < 1.29 is 4.79 Å². The van der Waals surface area contributed by atoms with Crippen molar-refractivity contribution in [3.05, 3.63) is 76.7 Å². The van der Waals surface area contributed by atoms with Crippen molar-refractivity contribution in [1.29, 1.82) is 0 Å². The Labute approximate surface area is 207 Å². The van der Waals surface area contributed by atoms with Gasteiger partial charge in [0.25, 0.3) is 0 Å². The van der Waals surface area contributed by atoms with E-state index in [1.165, 1.54) is 5.69 Å². The van der Waals surface area contributed by atoms with Crippen molar-refractivity contribution in [2.24, 2.45) is 0 Å². The molecule has 8 nitrogen and oxygen atoms in total. The van der Waals surface area contributed by atoms with Gasteiger partial charge >= 0.3 is 0 Å². The summed E-state index contributed by atoms with van der Waals surface area (Å²) in [5.41, 5.74) is 3.62. The molecule has 174 valence electrons. The van der Waals surface area contributed by atoms with Gasteiger partial charge in [0.1, 0.15) is 6.54 Å². The summed E-state index contributed by atoms with van der Waals surface area (Å²) in [4.78, 5) is 21.5. The fraction of sp³-hybridized carbons (Fsp3) is 0.250. The lowest BCUT2D eigenvalue weighted by Crippen LogP contribution is -2.46. The number of carbonyl (C=O) groups excluding carboxylic acids is 1. The number of fused-ring (bicyclic) bond motifs is 1. The van der Waals surface area contributed by atoms with Gasteiger partial charge in [-0.3, -0.25) is 14.7 Å². The van der Waals surface area contributed by atoms with Gasteiger partial charge in [0, 0.05) is 65.7 Å². The number of carbonyl (C=O) groups is 1. The molecule has 0 aliphatic carbocycles. The summed E-state index contributed by atoms with van der Waals surface area (Å²) in [7, 11) is 0. The highest BCUT2D eigenvalue weighted by atomic mass is 35.5. The van der Waals surface area contributed by atoms with E-state index in [-0.39, 0.29) is 12.5 Å². The molecule has 5 rings (SSSR count). The third kappa shape index (κ3) is 5.30. The third-order valence-corrected chi connectivity index (χ3v) is 6.29. The molecule has 0 bridgehead atoms. The van der Waals surface area contributed by atoms with Crippen LogP contribution >= 0.6 is 23.2 Å². The smallest absolute Gasteiger partial charge is 0.246 e. The van der Waals surface area contributed by atoms with E-state index < -0.39 is 0 Å². The second-order valence-electron chi connectivity index (χ2n) is 8.22. The first kappa shape index (κ1) is 22.6. The van der Waals surface area contributed by atoms with E-state index in [2.05, 4.69) is 36.5 Å². The Hall–Kier alpha value is -3.20. The van der Waals surface area contributed by atoms with Crippen molar-refractivity contribution in [3.8, 4) is 0 Å². The van der Waals surface area contributed by atoms with Crippen LogP contribution in [0.2, 0.25) is 10.0 Å². The van der Waals surface area contributed by atoms with Crippen LogP contribution in [-0.4, -0.2) is 57.0 Å². The Morgan fingerprint density at radius 1 is 0.971 bits per heavy atom. The largest absolute Gasteiger partial charge is 0.368 e. The van der Waals surface area contributed by atoms with Gasteiger partial charge in [-0.05, 0) is 48.5 Å². The maximum atomic E-state index is 12.3. The van der Waals surface area contributed by atoms with E-state index in [1.807, 2.05) is 30.6 Å². The Bertz CT molecular complexity index is 1300. The minimum absolute atomic E-state index is 0.0997. The van der Waals surface area contributed by atoms with Gasteiger partial charge in [0.2, 0.25) is 5.91 Å². The SMILES string of the molecule is O=C(Cn1cc(CN2CCN(c3ccnc4cc(Cl)ccc34)CC2)nn1)Nc1ccc(Cl)cc1. The summed E-state index contributed by atoms with van der Waals surface area (Å²) in [6.07, 6.45) is 3.66. The second-order valence-corrected chi connectivity index (χ2v) is 9.09. The molecule has 4 aromatic rings. The summed E-state index contributed by atoms with van der Waals surface area (Å²) >= 11 is 12.0. The fourth-order valence-corrected chi connectivity index (χ4v) is 4.42. The third-order valence-electron chi connectivity index (χ3n) is 5.80. The van der Waals surface area contributed by atoms with Gasteiger partial charge in [-0.2, -0.15) is 0 Å². The number of benzene rings is 2. The number of halogens is 2. The summed E-state index contributed by atoms with van der Waals surface area (Å²) in [6, 6.07) is 14.9. The number of hydrogen-bond acceptors (Lipinski definition) is 6. The first-order valence-electron chi connectivity index (χ1n) is 11.0. The van der Waals surface area contributed by atoms with E-state index in [4.69, 9.17) is 23.2 Å². The lowest BCUT2D eigenvalue weighted by Gasteiger charge is -2.36. The second kappa shape index (κ2) is 9.97. The number of nitrogens with zero attached hydrogens (tertiary/aromatic N) is 6. The molecule has 1 N–H and O–H groups in total. The molecule has 0 atom stereocenters. The number of piperazine rings is 1. The predicted octanol–water partition coefficient (Wildman–Crippen LogP) is 4.09. The highest BCUT2D eigenvalue weighted by Gasteiger charge is 2.20. The van der Waals surface area contributed by atoms with Crippen LogP contribution < -0.4 is 10.2 Å². The maximum Gasteiger partial charge on any atom is 0.246 e. The molecule has 2 aromatic carbocycles. The maximum absolute atomic E-state index is 12.3. The molecular weight excluding hydrogens is 473 g/mol. The van der Waals surface area contributed by atoms with Gasteiger partial charge in [0.15, 0.2) is 0 Å². The fourth-order valence-electron chi connectivity index (χ4n) is 4.13. The predicted molar refractivity (Wildman–Crippen MR) is 134 cm³/mol. The zero-order valence-corrected chi connectivity index (χ0v) is 19.9. The van der Waals surface area contributed by atoms with Crippen molar-refractivity contribution in [3.63, 3.8) is 0 Å². The van der Waals surface area contributed by atoms with Gasteiger partial charge in [-0.15, -0.1) is 5.10 Å². The van der Waals surface area contributed by atoms with Gasteiger partial charge in [0.05, 0.1) is 17.4 Å². The van der Waals surface area contributed by atoms with Crippen molar-refractivity contribution >= 4 is 51.4 Å². The molecule has 0 radical (unpaired) electrons. The number of hydrogen-bond donors (Lipinski definition) is 1. The molecule has 0 spiro atoms. The van der Waals surface area contributed by atoms with Crippen molar-refractivity contribution in [1.82, 2.24) is 24.9 Å². The lowest BCUT2D eigenvalue weighted by molar-refractivity contribution is -0.116. The molecule has 3 heterocycles. The molecule has 10 heteroatoms. The van der Waals surface area contributed by atoms with Crippen molar-refractivity contribution in [2.45, 2.75) is 13.1 Å². The van der Waals surface area contributed by atoms with Crippen LogP contribution in [0, 0.1) is 0 Å². The van der Waals surface area contributed by atoms with Crippen molar-refractivity contribution in [2.75, 3.05) is 36.4 Å². The van der Waals surface area contributed by atoms with Gasteiger partial charge < -0.3 is 10.2 Å². The molecular formula is C24H23Cl2N7O. The topological polar surface area (TPSA) is 79.2 Å². The summed E-state index contributed by atoms with van der Waals surface area (Å²) in [6.45, 7) is 4.41. The summed E-state index contributed by atoms with van der Waals surface area (Å²) < 4.78 is 1.56. The molecule has 2 aromatic heterocycles. The number of nitrogens with one attached hydrogen (secondary N) is 1. The van der Waals surface area contributed by atoms with Gasteiger partial charge in [-0.25, -0.2) is 4.68 Å². The zero-order valence-electron chi connectivity index (χ0n) is 18.4. The van der Waals surface area contributed by atoms with Crippen LogP contribution in [0.3, 0.4) is 0 Å². The van der Waals surface area contributed by atoms with Crippen LogP contribution in [0.1, 0.15) is 5.69 Å². The zero-order chi connectivity index (χ0) is 23.5. The molecule has 0 saturated carbocycles. The Morgan fingerprint density at radius 2 is 1.74 bits per heavy atom. The Kier molecular flexibility index (Phi) is 6.62. The number of amides is 1. The number of anilines is 2. The molecule has 1 aliphatic heterocycles. The molecule has 1 fully saturated rings. The summed E-state index contributed by atoms with van der Waals surface area (Å²) in [5, 5.41) is 13.6. The average Bonchev–Trinajstić information content (AvgIpc) is 3.27. The molecule has 1 saturated heterocycles. The van der Waals surface area contributed by atoms with E-state index in [0.29, 0.717) is 22.3 Å². The number of rotatable bonds is 6. The molecule has 34 heavy (non-hydrogen) atoms. The normalized spacial score (nSPS) is 14.5. The number of aromatic nitrogens is 4. The Balaban J connectivity index is 1.15. The Morgan fingerprint density at radius 3 is 2.53 bits per heavy atom. The van der Waals surface area contributed by atoms with Crippen LogP contribution in [0.15, 0.2) is 60.9 Å². The van der Waals surface area contributed by atoms with E-state index in [1.54, 1.807) is 28.9 Å². The minimum Gasteiger partial charge on any atom is -0.368 e. The van der Waals surface area contributed by atoms with Crippen LogP contribution in [-0.2, 0) is 17.9 Å². The highest BCUT2D eigenvalue weighted by molar-refractivity contribution is 6.31. The summed E-state index contributed by atoms with van der Waals surface area (Å²) in [5.74, 6) is -0.168. The van der Waals surface area contributed by atoms with E-state index in [0.717, 1.165) is 42.8 Å². The minimum atomic E-state index is -0.168.